The molecule has 0 saturated heterocycles. The number of nitrogens with zero attached hydrogens (tertiary/aromatic N) is 1. The second kappa shape index (κ2) is 24.1. The highest BCUT2D eigenvalue weighted by Gasteiger charge is 2.27. The SMILES string of the molecule is CC(C)C(=C=O)C(NOC(C)(C)C)C(=O)O.CCCCCNCC(=O)NC(CCCNC(=N)N)C(=O)Nc1ccc([N+](=O)[O-])cc1.Cl. The van der Waals surface area contributed by atoms with Gasteiger partial charge in [-0.1, -0.05) is 33.6 Å². The number of unbranched alkanes of at least 4 members (excludes halogenated alkanes) is 2. The van der Waals surface area contributed by atoms with Crippen molar-refractivity contribution in [1.29, 1.82) is 5.41 Å². The van der Waals surface area contributed by atoms with Crippen LogP contribution in [0.25, 0.3) is 0 Å². The molecular formula is C30H51ClN8O8. The molecule has 0 spiro atoms. The van der Waals surface area contributed by atoms with Crippen molar-refractivity contribution in [2.75, 3.05) is 25.0 Å². The number of carboxylic acids is 1. The number of amides is 2. The molecule has 0 fully saturated rings. The molecule has 9 N–H and O–H groups in total. The van der Waals surface area contributed by atoms with Crippen LogP contribution in [0, 0.1) is 21.4 Å². The van der Waals surface area contributed by atoms with E-state index < -0.39 is 34.5 Å². The highest BCUT2D eigenvalue weighted by molar-refractivity contribution is 5.97. The van der Waals surface area contributed by atoms with Gasteiger partial charge < -0.3 is 32.1 Å². The molecule has 17 heteroatoms. The van der Waals surface area contributed by atoms with E-state index in [2.05, 4.69) is 33.7 Å². The monoisotopic (exact) mass is 686 g/mol. The van der Waals surface area contributed by atoms with Gasteiger partial charge in [-0.25, -0.2) is 4.79 Å². The lowest BCUT2D eigenvalue weighted by Crippen LogP contribution is -2.47. The summed E-state index contributed by atoms with van der Waals surface area (Å²) in [5.41, 5.74) is 7.55. The van der Waals surface area contributed by atoms with Crippen LogP contribution >= 0.6 is 12.4 Å². The fraction of sp³-hybridized carbons (Fsp3) is 0.600. The maximum absolute atomic E-state index is 12.6. The van der Waals surface area contributed by atoms with Crippen LogP contribution in [0.15, 0.2) is 29.8 Å². The Labute approximate surface area is 282 Å². The van der Waals surface area contributed by atoms with Crippen LogP contribution in [-0.4, -0.2) is 77.0 Å². The summed E-state index contributed by atoms with van der Waals surface area (Å²) in [5, 5.41) is 38.0. The summed E-state index contributed by atoms with van der Waals surface area (Å²) in [6.07, 6.45) is 3.98. The van der Waals surface area contributed by atoms with Crippen molar-refractivity contribution in [1.82, 2.24) is 21.4 Å². The quantitative estimate of drug-likeness (QED) is 0.0261. The molecule has 0 radical (unpaired) electrons. The third-order valence-corrected chi connectivity index (χ3v) is 6.01. The minimum absolute atomic E-state index is 0. The zero-order chi connectivity index (χ0) is 35.3. The summed E-state index contributed by atoms with van der Waals surface area (Å²) in [7, 11) is 0. The number of nitrogens with one attached hydrogen (secondary N) is 6. The Morgan fingerprint density at radius 2 is 1.72 bits per heavy atom. The number of hydrogen-bond acceptors (Lipinski definition) is 10. The first kappa shape index (κ1) is 45.0. The lowest BCUT2D eigenvalue weighted by Gasteiger charge is -2.24. The number of hydrogen-bond donors (Lipinski definition) is 8. The third kappa shape index (κ3) is 21.4. The molecular weight excluding hydrogens is 636 g/mol. The van der Waals surface area contributed by atoms with Crippen LogP contribution in [0.4, 0.5) is 11.4 Å². The van der Waals surface area contributed by atoms with Gasteiger partial charge in [0, 0.05) is 29.9 Å². The first-order chi connectivity index (χ1) is 21.5. The Morgan fingerprint density at radius 1 is 1.11 bits per heavy atom. The van der Waals surface area contributed by atoms with Crippen molar-refractivity contribution in [2.45, 2.75) is 91.3 Å². The number of nitro benzene ring substituents is 1. The summed E-state index contributed by atoms with van der Waals surface area (Å²) in [5.74, 6) is -0.579. The van der Waals surface area contributed by atoms with E-state index in [0.717, 1.165) is 25.8 Å². The fourth-order valence-corrected chi connectivity index (χ4v) is 3.63. The highest BCUT2D eigenvalue weighted by Crippen LogP contribution is 2.16. The number of carboxylic acid groups (broad SMARTS) is 1. The standard InChI is InChI=1S/C19H31N7O4.C11H19NO4.ClH/c1-2-3-4-11-22-13-17(27)25-16(6-5-12-23-19(20)21)18(28)24-14-7-9-15(10-8-14)26(29)30;1-7(2)8(6-13)9(10(14)15)12-16-11(3,4)5;/h7-10,16,22H,2-6,11-13H2,1H3,(H,24,28)(H,25,27)(H4,20,21,23);7,9,12H,1-5H3,(H,14,15);1H. The van der Waals surface area contributed by atoms with Crippen LogP contribution in [0.3, 0.4) is 0 Å². The number of rotatable bonds is 19. The number of aliphatic carboxylic acids is 1. The number of guanidine groups is 1. The Hall–Kier alpha value is -4.08. The molecule has 0 aliphatic heterocycles. The smallest absolute Gasteiger partial charge is 0.328 e. The van der Waals surface area contributed by atoms with Crippen LogP contribution < -0.4 is 32.5 Å². The van der Waals surface area contributed by atoms with Crippen LogP contribution in [0.5, 0.6) is 0 Å². The first-order valence-electron chi connectivity index (χ1n) is 15.1. The maximum Gasteiger partial charge on any atom is 0.328 e. The Bertz CT molecular complexity index is 1190. The average Bonchev–Trinajstić information content (AvgIpc) is 2.96. The molecule has 0 aliphatic rings. The zero-order valence-electron chi connectivity index (χ0n) is 27.9. The van der Waals surface area contributed by atoms with Gasteiger partial charge in [-0.3, -0.25) is 34.7 Å². The lowest BCUT2D eigenvalue weighted by atomic mass is 9.98. The van der Waals surface area contributed by atoms with Gasteiger partial charge in [0.05, 0.1) is 17.1 Å². The van der Waals surface area contributed by atoms with Crippen LogP contribution in [0.2, 0.25) is 0 Å². The molecule has 1 aromatic rings. The normalized spacial score (nSPS) is 11.8. The second-order valence-electron chi connectivity index (χ2n) is 11.6. The van der Waals surface area contributed by atoms with Crippen molar-refractivity contribution in [3.8, 4) is 0 Å². The number of carbonyl (C=O) groups is 3. The Balaban J connectivity index is 0. The first-order valence-corrected chi connectivity index (χ1v) is 15.1. The molecule has 0 saturated carbocycles. The molecule has 16 nitrogen and oxygen atoms in total. The topological polar surface area (TPSA) is 251 Å². The molecule has 2 atom stereocenters. The number of anilines is 1. The van der Waals surface area contributed by atoms with Gasteiger partial charge in [0.2, 0.25) is 11.8 Å². The summed E-state index contributed by atoms with van der Waals surface area (Å²) in [6, 6.07) is 3.50. The van der Waals surface area contributed by atoms with Gasteiger partial charge >= 0.3 is 5.97 Å². The summed E-state index contributed by atoms with van der Waals surface area (Å²) in [4.78, 5) is 61.9. The number of benzene rings is 1. The number of nitrogens with two attached hydrogens (primary N) is 1. The van der Waals surface area contributed by atoms with Crippen molar-refractivity contribution in [3.63, 3.8) is 0 Å². The Kier molecular flexibility index (Phi) is 23.1. The second-order valence-corrected chi connectivity index (χ2v) is 11.6. The predicted molar refractivity (Wildman–Crippen MR) is 182 cm³/mol. The molecule has 0 aliphatic carbocycles. The van der Waals surface area contributed by atoms with Crippen LogP contribution in [-0.2, 0) is 24.0 Å². The lowest BCUT2D eigenvalue weighted by molar-refractivity contribution is -0.384. The number of non-ortho nitro benzene ring substituents is 1. The summed E-state index contributed by atoms with van der Waals surface area (Å²) in [6.45, 7) is 12.1. The largest absolute Gasteiger partial charge is 0.480 e. The number of carbonyl (C=O) groups excluding carboxylic acids is 3. The molecule has 2 unspecified atom stereocenters. The maximum atomic E-state index is 12.6. The number of halogens is 1. The van der Waals surface area contributed by atoms with Gasteiger partial charge in [0.15, 0.2) is 12.0 Å². The highest BCUT2D eigenvalue weighted by atomic mass is 35.5. The number of nitro groups is 1. The van der Waals surface area contributed by atoms with E-state index in [9.17, 15) is 29.3 Å². The van der Waals surface area contributed by atoms with Gasteiger partial charge in [-0.15, -0.1) is 12.4 Å². The molecule has 0 heterocycles. The molecule has 266 valence electrons. The molecule has 1 aromatic carbocycles. The van der Waals surface area contributed by atoms with Gasteiger partial charge in [0.25, 0.3) is 5.69 Å². The van der Waals surface area contributed by atoms with Crippen molar-refractivity contribution < 1.29 is 34.0 Å². The van der Waals surface area contributed by atoms with E-state index in [0.29, 0.717) is 25.1 Å². The van der Waals surface area contributed by atoms with E-state index in [4.69, 9.17) is 21.1 Å². The molecule has 47 heavy (non-hydrogen) atoms. The van der Waals surface area contributed by atoms with Gasteiger partial charge in [-0.05, 0) is 64.6 Å². The molecule has 0 aromatic heterocycles. The van der Waals surface area contributed by atoms with E-state index in [-0.39, 0.29) is 48.0 Å². The van der Waals surface area contributed by atoms with E-state index in [1.807, 2.05) is 0 Å². The summed E-state index contributed by atoms with van der Waals surface area (Å²) < 4.78 is 0. The van der Waals surface area contributed by atoms with Gasteiger partial charge in [0.1, 0.15) is 12.0 Å². The fourth-order valence-electron chi connectivity index (χ4n) is 3.63. The summed E-state index contributed by atoms with van der Waals surface area (Å²) >= 11 is 0. The average molecular weight is 687 g/mol. The molecule has 2 amide bonds. The number of hydroxylamine groups is 1. The predicted octanol–water partition coefficient (Wildman–Crippen LogP) is 2.66. The molecule has 0 bridgehead atoms. The Morgan fingerprint density at radius 3 is 2.19 bits per heavy atom. The van der Waals surface area contributed by atoms with E-state index in [1.165, 1.54) is 24.3 Å². The van der Waals surface area contributed by atoms with Crippen LogP contribution in [0.1, 0.15) is 73.6 Å². The van der Waals surface area contributed by atoms with Crippen molar-refractivity contribution in [2.24, 2.45) is 11.7 Å². The molecule has 1 rings (SSSR count). The minimum Gasteiger partial charge on any atom is -0.480 e. The van der Waals surface area contributed by atoms with Gasteiger partial charge in [-0.2, -0.15) is 5.48 Å². The zero-order valence-corrected chi connectivity index (χ0v) is 28.8. The third-order valence-electron chi connectivity index (χ3n) is 6.01. The van der Waals surface area contributed by atoms with Crippen molar-refractivity contribution >= 4 is 53.5 Å². The minimum atomic E-state index is -1.16. The van der Waals surface area contributed by atoms with Crippen molar-refractivity contribution in [3.05, 3.63) is 40.0 Å². The van der Waals surface area contributed by atoms with E-state index >= 15 is 0 Å². The van der Waals surface area contributed by atoms with E-state index in [1.54, 1.807) is 40.6 Å².